The van der Waals surface area contributed by atoms with Crippen molar-refractivity contribution in [2.24, 2.45) is 5.92 Å². The number of piperidine rings is 1. The summed E-state index contributed by atoms with van der Waals surface area (Å²) >= 11 is 0. The summed E-state index contributed by atoms with van der Waals surface area (Å²) in [6, 6.07) is 12.8. The Labute approximate surface area is 185 Å². The maximum absolute atomic E-state index is 12.5. The number of methoxy groups -OCH3 is 1. The van der Waals surface area contributed by atoms with Crippen LogP contribution in [-0.4, -0.2) is 44.2 Å². The van der Waals surface area contributed by atoms with Gasteiger partial charge in [0.15, 0.2) is 5.76 Å². The van der Waals surface area contributed by atoms with Crippen LogP contribution in [0.3, 0.4) is 0 Å². The molecule has 0 aliphatic carbocycles. The van der Waals surface area contributed by atoms with Gasteiger partial charge < -0.3 is 28.5 Å². The van der Waals surface area contributed by atoms with E-state index in [0.717, 1.165) is 11.5 Å². The van der Waals surface area contributed by atoms with E-state index in [4.69, 9.17) is 18.3 Å². The Hall–Kier alpha value is -3.93. The van der Waals surface area contributed by atoms with Crippen LogP contribution in [-0.2, 0) is 4.79 Å². The van der Waals surface area contributed by atoms with Gasteiger partial charge in [-0.3, -0.25) is 4.79 Å². The van der Waals surface area contributed by atoms with Crippen LogP contribution in [0.15, 0.2) is 51.5 Å². The van der Waals surface area contributed by atoms with Crippen LogP contribution in [0.5, 0.6) is 11.5 Å². The molecule has 0 unspecified atom stereocenters. The van der Waals surface area contributed by atoms with Crippen molar-refractivity contribution in [1.82, 2.24) is 10.3 Å². The van der Waals surface area contributed by atoms with Crippen LogP contribution >= 0.6 is 0 Å². The van der Waals surface area contributed by atoms with E-state index >= 15 is 0 Å². The van der Waals surface area contributed by atoms with E-state index in [0.29, 0.717) is 50.7 Å². The number of nitrogens with zero attached hydrogens (tertiary/aromatic N) is 3. The lowest BCUT2D eigenvalue weighted by Gasteiger charge is -2.30. The molecule has 0 saturated carbocycles. The summed E-state index contributed by atoms with van der Waals surface area (Å²) in [7, 11) is 1.61. The Morgan fingerprint density at radius 3 is 2.66 bits per heavy atom. The molecule has 1 fully saturated rings. The van der Waals surface area contributed by atoms with Gasteiger partial charge in [-0.05, 0) is 49.2 Å². The van der Waals surface area contributed by atoms with Crippen molar-refractivity contribution in [2.45, 2.75) is 12.8 Å². The highest BCUT2D eigenvalue weighted by Crippen LogP contribution is 2.31. The molecule has 1 saturated heterocycles. The van der Waals surface area contributed by atoms with Crippen LogP contribution in [0.1, 0.15) is 18.5 Å². The third kappa shape index (κ3) is 4.86. The number of aromatic nitrogens is 1. The molecule has 0 atom stereocenters. The number of oxazole rings is 1. The number of nitriles is 1. The topological polar surface area (TPSA) is 114 Å². The van der Waals surface area contributed by atoms with Crippen molar-refractivity contribution in [2.75, 3.05) is 38.3 Å². The molecule has 9 nitrogen and oxygen atoms in total. The fourth-order valence-electron chi connectivity index (χ4n) is 3.61. The van der Waals surface area contributed by atoms with Gasteiger partial charge >= 0.3 is 0 Å². The van der Waals surface area contributed by atoms with Crippen LogP contribution in [0.2, 0.25) is 0 Å². The average Bonchev–Trinajstić information content (AvgIpc) is 3.52. The first-order valence-corrected chi connectivity index (χ1v) is 10.4. The summed E-state index contributed by atoms with van der Waals surface area (Å²) in [4.78, 5) is 18.7. The van der Waals surface area contributed by atoms with Gasteiger partial charge in [0.1, 0.15) is 24.2 Å². The Morgan fingerprint density at radius 1 is 1.25 bits per heavy atom. The fourth-order valence-corrected chi connectivity index (χ4v) is 3.61. The van der Waals surface area contributed by atoms with Gasteiger partial charge in [0.25, 0.3) is 5.89 Å². The van der Waals surface area contributed by atoms with E-state index < -0.39 is 0 Å². The number of rotatable bonds is 8. The number of benzene rings is 1. The molecule has 4 rings (SSSR count). The lowest BCUT2D eigenvalue weighted by Crippen LogP contribution is -2.41. The van der Waals surface area contributed by atoms with E-state index in [-0.39, 0.29) is 23.4 Å². The lowest BCUT2D eigenvalue weighted by molar-refractivity contribution is -0.125. The van der Waals surface area contributed by atoms with Crippen molar-refractivity contribution < 1.29 is 23.1 Å². The molecule has 1 aliphatic heterocycles. The van der Waals surface area contributed by atoms with Gasteiger partial charge in [-0.2, -0.15) is 10.2 Å². The molecule has 3 heterocycles. The molecular weight excluding hydrogens is 412 g/mol. The van der Waals surface area contributed by atoms with Gasteiger partial charge in [0.05, 0.1) is 19.9 Å². The molecule has 9 heteroatoms. The molecule has 1 aliphatic rings. The molecule has 3 aromatic rings. The molecular formula is C23H24N4O5. The van der Waals surface area contributed by atoms with E-state index in [1.165, 1.54) is 6.26 Å². The first kappa shape index (κ1) is 21.3. The molecule has 1 aromatic carbocycles. The molecule has 32 heavy (non-hydrogen) atoms. The number of anilines is 1. The van der Waals surface area contributed by atoms with E-state index in [9.17, 15) is 10.1 Å². The van der Waals surface area contributed by atoms with E-state index in [1.807, 2.05) is 29.2 Å². The highest BCUT2D eigenvalue weighted by molar-refractivity contribution is 5.79. The molecule has 0 radical (unpaired) electrons. The summed E-state index contributed by atoms with van der Waals surface area (Å²) in [6.45, 7) is 2.01. The fraction of sp³-hybridized carbons (Fsp3) is 0.348. The van der Waals surface area contributed by atoms with E-state index in [2.05, 4.69) is 16.4 Å². The summed E-state index contributed by atoms with van der Waals surface area (Å²) in [6.07, 6.45) is 2.84. The zero-order valence-electron chi connectivity index (χ0n) is 17.7. The Bertz CT molecular complexity index is 1060. The number of carbonyl (C=O) groups is 1. The predicted molar refractivity (Wildman–Crippen MR) is 115 cm³/mol. The van der Waals surface area contributed by atoms with Gasteiger partial charge in [-0.25, -0.2) is 0 Å². The third-order valence-electron chi connectivity index (χ3n) is 5.33. The Balaban J connectivity index is 1.24. The summed E-state index contributed by atoms with van der Waals surface area (Å²) < 4.78 is 21.9. The number of hydrogen-bond donors (Lipinski definition) is 1. The molecule has 0 bridgehead atoms. The van der Waals surface area contributed by atoms with Crippen molar-refractivity contribution in [3.05, 3.63) is 48.4 Å². The summed E-state index contributed by atoms with van der Waals surface area (Å²) in [5.74, 6) is 2.58. The minimum atomic E-state index is -0.0924. The van der Waals surface area contributed by atoms with E-state index in [1.54, 1.807) is 19.2 Å². The Kier molecular flexibility index (Phi) is 6.60. The van der Waals surface area contributed by atoms with Crippen LogP contribution in [0.25, 0.3) is 11.7 Å². The number of hydrogen-bond acceptors (Lipinski definition) is 8. The quantitative estimate of drug-likeness (QED) is 0.536. The first-order valence-electron chi connectivity index (χ1n) is 10.4. The number of furan rings is 1. The zero-order chi connectivity index (χ0) is 22.3. The van der Waals surface area contributed by atoms with Gasteiger partial charge in [-0.1, -0.05) is 0 Å². The zero-order valence-corrected chi connectivity index (χ0v) is 17.7. The van der Waals surface area contributed by atoms with Gasteiger partial charge in [-0.15, -0.1) is 0 Å². The minimum absolute atomic E-state index is 0.0114. The smallest absolute Gasteiger partial charge is 0.266 e. The van der Waals surface area contributed by atoms with Crippen molar-refractivity contribution >= 4 is 11.8 Å². The maximum atomic E-state index is 12.5. The highest BCUT2D eigenvalue weighted by atomic mass is 16.5. The van der Waals surface area contributed by atoms with Crippen LogP contribution in [0.4, 0.5) is 5.88 Å². The van der Waals surface area contributed by atoms with Crippen LogP contribution < -0.4 is 19.7 Å². The van der Waals surface area contributed by atoms with Crippen molar-refractivity contribution in [3.8, 4) is 29.2 Å². The second kappa shape index (κ2) is 9.92. The van der Waals surface area contributed by atoms with Crippen LogP contribution in [0, 0.1) is 17.2 Å². The number of amides is 1. The highest BCUT2D eigenvalue weighted by Gasteiger charge is 2.29. The monoisotopic (exact) mass is 436 g/mol. The summed E-state index contributed by atoms with van der Waals surface area (Å²) in [5, 5.41) is 12.4. The summed E-state index contributed by atoms with van der Waals surface area (Å²) in [5.41, 5.74) is 0.218. The number of carbonyl (C=O) groups excluding carboxylic acids is 1. The molecule has 2 aromatic heterocycles. The molecule has 166 valence electrons. The van der Waals surface area contributed by atoms with Crippen molar-refractivity contribution in [1.29, 1.82) is 5.26 Å². The van der Waals surface area contributed by atoms with Gasteiger partial charge in [0.2, 0.25) is 17.5 Å². The van der Waals surface area contributed by atoms with Gasteiger partial charge in [0, 0.05) is 19.0 Å². The molecule has 1 N–H and O–H groups in total. The number of ether oxygens (including phenoxy) is 2. The average molecular weight is 436 g/mol. The standard InChI is InChI=1S/C23H24N4O5/c1-29-17-4-6-18(7-5-17)30-14-10-25-21(28)16-8-11-27(12-9-16)23-19(15-24)26-22(32-23)20-3-2-13-31-20/h2-7,13,16H,8-12,14H2,1H3,(H,25,28). The predicted octanol–water partition coefficient (Wildman–Crippen LogP) is 3.23. The molecule has 1 amide bonds. The third-order valence-corrected chi connectivity index (χ3v) is 5.33. The van der Waals surface area contributed by atoms with Crippen molar-refractivity contribution in [3.63, 3.8) is 0 Å². The first-order chi connectivity index (χ1) is 15.7. The Morgan fingerprint density at radius 2 is 2.00 bits per heavy atom. The second-order valence-corrected chi connectivity index (χ2v) is 7.34. The normalized spacial score (nSPS) is 14.1. The largest absolute Gasteiger partial charge is 0.497 e. The minimum Gasteiger partial charge on any atom is -0.497 e. The lowest BCUT2D eigenvalue weighted by atomic mass is 9.96. The number of nitrogens with one attached hydrogen (secondary N) is 1. The molecule has 0 spiro atoms. The second-order valence-electron chi connectivity index (χ2n) is 7.34. The maximum Gasteiger partial charge on any atom is 0.266 e. The SMILES string of the molecule is COc1ccc(OCCNC(=O)C2CCN(c3oc(-c4ccco4)nc3C#N)CC2)cc1.